The van der Waals surface area contributed by atoms with Crippen molar-refractivity contribution >= 4 is 23.2 Å². The molecule has 3 heterocycles. The number of likely N-dealkylation sites (tertiary alicyclic amines) is 1. The zero-order valence-electron chi connectivity index (χ0n) is 12.1. The van der Waals surface area contributed by atoms with Crippen molar-refractivity contribution in [3.8, 4) is 5.69 Å². The molecule has 0 unspecified atom stereocenters. The number of nitrogens with one attached hydrogen (secondary N) is 1. The van der Waals surface area contributed by atoms with Crippen LogP contribution >= 0.6 is 11.3 Å². The fraction of sp³-hybridized carbons (Fsp3) is 0.462. The van der Waals surface area contributed by atoms with Crippen LogP contribution in [0.2, 0.25) is 0 Å². The third-order valence-corrected chi connectivity index (χ3v) is 4.62. The lowest BCUT2D eigenvalue weighted by Gasteiger charge is -2.31. The first-order valence-electron chi connectivity index (χ1n) is 7.02. The van der Waals surface area contributed by atoms with Gasteiger partial charge < -0.3 is 10.2 Å². The van der Waals surface area contributed by atoms with Crippen LogP contribution in [0.25, 0.3) is 5.69 Å². The average Bonchev–Trinajstić information content (AvgIpc) is 3.18. The van der Waals surface area contributed by atoms with Crippen molar-refractivity contribution in [2.75, 3.05) is 13.1 Å². The number of nitrogens with zero attached hydrogens (tertiary/aromatic N) is 5. The van der Waals surface area contributed by atoms with Crippen LogP contribution in [0.5, 0.6) is 0 Å². The van der Waals surface area contributed by atoms with E-state index in [-0.39, 0.29) is 17.9 Å². The Kier molecular flexibility index (Phi) is 4.14. The Morgan fingerprint density at radius 3 is 2.77 bits per heavy atom. The molecule has 1 aliphatic heterocycles. The summed E-state index contributed by atoms with van der Waals surface area (Å²) in [5, 5.41) is 15.9. The maximum Gasteiger partial charge on any atom is 0.263 e. The molecule has 1 saturated heterocycles. The number of carbonyl (C=O) groups is 2. The van der Waals surface area contributed by atoms with E-state index in [2.05, 4.69) is 20.8 Å². The van der Waals surface area contributed by atoms with Crippen molar-refractivity contribution in [3.63, 3.8) is 0 Å². The summed E-state index contributed by atoms with van der Waals surface area (Å²) in [5.74, 6) is -0.0363. The smallest absolute Gasteiger partial charge is 0.263 e. The second-order valence-electron chi connectivity index (χ2n) is 5.14. The molecule has 0 bridgehead atoms. The van der Waals surface area contributed by atoms with E-state index >= 15 is 0 Å². The van der Waals surface area contributed by atoms with Gasteiger partial charge in [-0.1, -0.05) is 0 Å². The number of hydrogen-bond donors (Lipinski definition) is 1. The maximum absolute atomic E-state index is 12.4. The van der Waals surface area contributed by atoms with Crippen LogP contribution in [-0.4, -0.2) is 56.1 Å². The molecule has 2 aromatic heterocycles. The summed E-state index contributed by atoms with van der Waals surface area (Å²) >= 11 is 1.36. The Morgan fingerprint density at radius 2 is 2.14 bits per heavy atom. The molecular weight excluding hydrogens is 304 g/mol. The minimum absolute atomic E-state index is 0.0870. The quantitative estimate of drug-likeness (QED) is 0.887. The number of amides is 2. The van der Waals surface area contributed by atoms with E-state index in [0.717, 1.165) is 12.8 Å². The van der Waals surface area contributed by atoms with Gasteiger partial charge in [-0.15, -0.1) is 16.4 Å². The molecule has 0 aliphatic carbocycles. The molecule has 0 saturated carbocycles. The molecule has 0 radical (unpaired) electrons. The van der Waals surface area contributed by atoms with Gasteiger partial charge in [0.15, 0.2) is 0 Å². The van der Waals surface area contributed by atoms with Crippen LogP contribution in [0.15, 0.2) is 17.8 Å². The summed E-state index contributed by atoms with van der Waals surface area (Å²) in [6.45, 7) is 2.94. The number of carbonyl (C=O) groups excluding carboxylic acids is 2. The lowest BCUT2D eigenvalue weighted by atomic mass is 10.0. The molecule has 116 valence electrons. The summed E-state index contributed by atoms with van der Waals surface area (Å²) in [7, 11) is 0. The summed E-state index contributed by atoms with van der Waals surface area (Å²) in [6.07, 6.45) is 3.01. The van der Waals surface area contributed by atoms with Crippen molar-refractivity contribution in [3.05, 3.63) is 22.7 Å². The third-order valence-electron chi connectivity index (χ3n) is 3.72. The highest BCUT2D eigenvalue weighted by Gasteiger charge is 2.24. The molecule has 3 rings (SSSR count). The highest BCUT2D eigenvalue weighted by molar-refractivity contribution is 7.12. The molecule has 1 aliphatic rings. The Bertz CT molecular complexity index is 660. The molecule has 8 nitrogen and oxygen atoms in total. The first-order valence-corrected chi connectivity index (χ1v) is 7.90. The third kappa shape index (κ3) is 2.98. The molecular formula is C13H16N6O2S. The van der Waals surface area contributed by atoms with E-state index in [9.17, 15) is 9.59 Å². The number of tetrazole rings is 1. The van der Waals surface area contributed by atoms with Crippen molar-refractivity contribution in [2.24, 2.45) is 0 Å². The van der Waals surface area contributed by atoms with Crippen LogP contribution in [0.4, 0.5) is 0 Å². The van der Waals surface area contributed by atoms with Gasteiger partial charge in [0.05, 0.1) is 5.69 Å². The Balaban J connectivity index is 1.64. The summed E-state index contributed by atoms with van der Waals surface area (Å²) in [6, 6.07) is 1.90. The van der Waals surface area contributed by atoms with Crippen molar-refractivity contribution < 1.29 is 9.59 Å². The molecule has 1 fully saturated rings. The minimum atomic E-state index is -0.123. The standard InChI is InChI=1S/C13H16N6O2S/c1-9(20)18-5-2-10(3-6-18)15-13(21)12-11(4-7-22-12)19-8-14-16-17-19/h4,7-8,10H,2-3,5-6H2,1H3,(H,15,21). The number of piperidine rings is 1. The molecule has 0 aromatic carbocycles. The van der Waals surface area contributed by atoms with Gasteiger partial charge in [-0.25, -0.2) is 0 Å². The van der Waals surface area contributed by atoms with Crippen LogP contribution in [-0.2, 0) is 4.79 Å². The highest BCUT2D eigenvalue weighted by atomic mass is 32.1. The normalized spacial score (nSPS) is 15.8. The van der Waals surface area contributed by atoms with Crippen LogP contribution < -0.4 is 5.32 Å². The molecule has 22 heavy (non-hydrogen) atoms. The lowest BCUT2D eigenvalue weighted by molar-refractivity contribution is -0.129. The summed E-state index contributed by atoms with van der Waals surface area (Å²) in [5.41, 5.74) is 0.675. The second kappa shape index (κ2) is 6.22. The van der Waals surface area contributed by atoms with Crippen molar-refractivity contribution in [1.82, 2.24) is 30.4 Å². The van der Waals surface area contributed by atoms with Crippen LogP contribution in [0.1, 0.15) is 29.4 Å². The lowest BCUT2D eigenvalue weighted by Crippen LogP contribution is -2.46. The van der Waals surface area contributed by atoms with E-state index in [1.807, 2.05) is 11.4 Å². The number of hydrogen-bond acceptors (Lipinski definition) is 6. The second-order valence-corrected chi connectivity index (χ2v) is 6.06. The van der Waals surface area contributed by atoms with Gasteiger partial charge in [-0.2, -0.15) is 4.68 Å². The molecule has 2 amide bonds. The first kappa shape index (κ1) is 14.6. The average molecular weight is 320 g/mol. The zero-order chi connectivity index (χ0) is 15.5. The Labute approximate surface area is 131 Å². The monoisotopic (exact) mass is 320 g/mol. The van der Waals surface area contributed by atoms with Crippen LogP contribution in [0, 0.1) is 0 Å². The van der Waals surface area contributed by atoms with Gasteiger partial charge in [0.1, 0.15) is 11.2 Å². The summed E-state index contributed by atoms with van der Waals surface area (Å²) in [4.78, 5) is 26.1. The van der Waals surface area contributed by atoms with E-state index in [0.29, 0.717) is 23.7 Å². The van der Waals surface area contributed by atoms with Gasteiger partial charge in [0, 0.05) is 26.1 Å². The molecule has 0 atom stereocenters. The number of thiophene rings is 1. The highest BCUT2D eigenvalue weighted by Crippen LogP contribution is 2.21. The predicted molar refractivity (Wildman–Crippen MR) is 79.8 cm³/mol. The van der Waals surface area contributed by atoms with Gasteiger partial charge in [0.2, 0.25) is 5.91 Å². The molecule has 2 aromatic rings. The van der Waals surface area contributed by atoms with Gasteiger partial charge in [-0.3, -0.25) is 9.59 Å². The zero-order valence-corrected chi connectivity index (χ0v) is 12.9. The van der Waals surface area contributed by atoms with Crippen molar-refractivity contribution in [1.29, 1.82) is 0 Å². The van der Waals surface area contributed by atoms with E-state index in [4.69, 9.17) is 0 Å². The fourth-order valence-corrected chi connectivity index (χ4v) is 3.30. The minimum Gasteiger partial charge on any atom is -0.348 e. The van der Waals surface area contributed by atoms with E-state index in [1.165, 1.54) is 22.3 Å². The number of aromatic nitrogens is 4. The Hall–Kier alpha value is -2.29. The molecule has 1 N–H and O–H groups in total. The van der Waals surface area contributed by atoms with E-state index in [1.54, 1.807) is 11.8 Å². The topological polar surface area (TPSA) is 93.0 Å². The molecule has 0 spiro atoms. The Morgan fingerprint density at radius 1 is 1.36 bits per heavy atom. The number of rotatable bonds is 3. The van der Waals surface area contributed by atoms with Gasteiger partial charge in [0.25, 0.3) is 5.91 Å². The van der Waals surface area contributed by atoms with E-state index < -0.39 is 0 Å². The summed E-state index contributed by atoms with van der Waals surface area (Å²) < 4.78 is 1.48. The fourth-order valence-electron chi connectivity index (χ4n) is 2.51. The molecule has 9 heteroatoms. The SMILES string of the molecule is CC(=O)N1CCC(NC(=O)c2sccc2-n2cnnn2)CC1. The predicted octanol–water partition coefficient (Wildman–Crippen LogP) is 0.464. The first-order chi connectivity index (χ1) is 10.6. The van der Waals surface area contributed by atoms with Crippen LogP contribution in [0.3, 0.4) is 0 Å². The van der Waals surface area contributed by atoms with Gasteiger partial charge in [-0.05, 0) is 34.7 Å². The largest absolute Gasteiger partial charge is 0.348 e. The maximum atomic E-state index is 12.4. The van der Waals surface area contributed by atoms with Crippen molar-refractivity contribution in [2.45, 2.75) is 25.8 Å². The van der Waals surface area contributed by atoms with Gasteiger partial charge >= 0.3 is 0 Å².